The van der Waals surface area contributed by atoms with Gasteiger partial charge in [-0.25, -0.2) is 14.5 Å². The molecule has 3 heterocycles. The minimum atomic E-state index is -0.318. The molecule has 0 unspecified atom stereocenters. The van der Waals surface area contributed by atoms with E-state index in [0.717, 1.165) is 41.2 Å². The Morgan fingerprint density at radius 3 is 2.65 bits per heavy atom. The number of aromatic nitrogens is 4. The first-order chi connectivity index (χ1) is 16.2. The Labute approximate surface area is 204 Å². The van der Waals surface area contributed by atoms with Gasteiger partial charge in [0.15, 0.2) is 5.13 Å². The number of pyridine rings is 1. The lowest BCUT2D eigenvalue weighted by Crippen LogP contribution is -2.21. The molecule has 3 aromatic rings. The summed E-state index contributed by atoms with van der Waals surface area (Å²) in [5.74, 6) is 1.47. The molecule has 0 bridgehead atoms. The number of aryl methyl sites for hydroxylation is 2. The van der Waals surface area contributed by atoms with Crippen molar-refractivity contribution in [1.82, 2.24) is 19.7 Å². The van der Waals surface area contributed by atoms with Crippen molar-refractivity contribution in [2.75, 3.05) is 10.6 Å². The fraction of sp³-hybridized carbons (Fsp3) is 0.480. The first-order valence-corrected chi connectivity index (χ1v) is 12.5. The first-order valence-electron chi connectivity index (χ1n) is 11.7. The second kappa shape index (κ2) is 10.0. The molecule has 0 saturated heterocycles. The molecule has 0 spiro atoms. The Balaban J connectivity index is 1.34. The summed E-state index contributed by atoms with van der Waals surface area (Å²) in [5, 5.41) is 11.1. The third-order valence-corrected chi connectivity index (χ3v) is 6.64. The van der Waals surface area contributed by atoms with Gasteiger partial charge in [-0.05, 0) is 56.2 Å². The molecule has 0 radical (unpaired) electrons. The zero-order valence-electron chi connectivity index (χ0n) is 20.2. The van der Waals surface area contributed by atoms with Crippen LogP contribution in [0.3, 0.4) is 0 Å². The number of hydrogen-bond donors (Lipinski definition) is 2. The fourth-order valence-corrected chi connectivity index (χ4v) is 4.40. The second-order valence-electron chi connectivity index (χ2n) is 10.0. The standard InChI is InChI=1S/C25H32N6O2S/c1-16(32)11-19-12-17(9-10-26-19)7-8-20-14-27-24(34-20)29-23(33)28-22-13-21(25(2,3)4)30-31(22)15-18-5-6-18/h9-10,12-14,18H,5-8,11,15H2,1-4H3,(H2,27,28,29,33). The lowest BCUT2D eigenvalue weighted by molar-refractivity contribution is -0.116. The number of anilines is 2. The summed E-state index contributed by atoms with van der Waals surface area (Å²) in [6.07, 6.45) is 7.95. The van der Waals surface area contributed by atoms with Crippen LogP contribution in [-0.4, -0.2) is 31.6 Å². The van der Waals surface area contributed by atoms with Crippen LogP contribution in [0.15, 0.2) is 30.6 Å². The van der Waals surface area contributed by atoms with Crippen LogP contribution in [0.25, 0.3) is 0 Å². The topological polar surface area (TPSA) is 102 Å². The number of rotatable bonds is 9. The molecule has 8 nitrogen and oxygen atoms in total. The molecule has 1 aliphatic rings. The number of amides is 2. The van der Waals surface area contributed by atoms with Gasteiger partial charge in [0.05, 0.1) is 5.69 Å². The van der Waals surface area contributed by atoms with Crippen LogP contribution in [0.2, 0.25) is 0 Å². The van der Waals surface area contributed by atoms with Gasteiger partial charge in [0, 0.05) is 47.4 Å². The molecule has 1 saturated carbocycles. The molecule has 0 atom stereocenters. The van der Waals surface area contributed by atoms with Gasteiger partial charge in [0.2, 0.25) is 0 Å². The van der Waals surface area contributed by atoms with Crippen LogP contribution in [0, 0.1) is 5.92 Å². The summed E-state index contributed by atoms with van der Waals surface area (Å²) < 4.78 is 1.92. The molecule has 0 aliphatic heterocycles. The molecule has 0 aromatic carbocycles. The molecule has 4 rings (SSSR count). The van der Waals surface area contributed by atoms with Crippen molar-refractivity contribution in [2.24, 2.45) is 5.92 Å². The highest BCUT2D eigenvalue weighted by molar-refractivity contribution is 7.15. The van der Waals surface area contributed by atoms with E-state index in [1.54, 1.807) is 19.3 Å². The third-order valence-electron chi connectivity index (χ3n) is 5.66. The van der Waals surface area contributed by atoms with E-state index in [0.29, 0.717) is 23.3 Å². The Kier molecular flexibility index (Phi) is 7.11. The molecule has 2 N–H and O–H groups in total. The van der Waals surface area contributed by atoms with E-state index in [1.165, 1.54) is 24.2 Å². The Hall–Kier alpha value is -3.07. The van der Waals surface area contributed by atoms with Crippen molar-refractivity contribution in [3.8, 4) is 0 Å². The maximum Gasteiger partial charge on any atom is 0.326 e. The van der Waals surface area contributed by atoms with Gasteiger partial charge in [-0.3, -0.25) is 20.4 Å². The van der Waals surface area contributed by atoms with Crippen molar-refractivity contribution in [2.45, 2.75) is 71.8 Å². The summed E-state index contributed by atoms with van der Waals surface area (Å²) >= 11 is 1.46. The average molecular weight is 481 g/mol. The van der Waals surface area contributed by atoms with Crippen LogP contribution in [-0.2, 0) is 36.0 Å². The predicted molar refractivity (Wildman–Crippen MR) is 134 cm³/mol. The molecule has 1 fully saturated rings. The lowest BCUT2D eigenvalue weighted by atomic mass is 9.92. The lowest BCUT2D eigenvalue weighted by Gasteiger charge is -2.14. The second-order valence-corrected chi connectivity index (χ2v) is 11.2. The van der Waals surface area contributed by atoms with Crippen LogP contribution in [0.4, 0.5) is 15.7 Å². The first kappa shape index (κ1) is 24.1. The molecule has 9 heteroatoms. The normalized spacial score (nSPS) is 13.6. The number of hydrogen-bond acceptors (Lipinski definition) is 6. The minimum absolute atomic E-state index is 0.0897. The fourth-order valence-electron chi connectivity index (χ4n) is 3.60. The Morgan fingerprint density at radius 1 is 1.15 bits per heavy atom. The van der Waals surface area contributed by atoms with Gasteiger partial charge in [0.1, 0.15) is 11.6 Å². The number of carbonyl (C=O) groups excluding carboxylic acids is 2. The Morgan fingerprint density at radius 2 is 1.94 bits per heavy atom. The highest BCUT2D eigenvalue weighted by atomic mass is 32.1. The Bertz CT molecular complexity index is 1170. The number of carbonyl (C=O) groups is 2. The van der Waals surface area contributed by atoms with Crippen molar-refractivity contribution in [3.63, 3.8) is 0 Å². The predicted octanol–water partition coefficient (Wildman–Crippen LogP) is 5.00. The maximum atomic E-state index is 12.7. The summed E-state index contributed by atoms with van der Waals surface area (Å²) in [7, 11) is 0. The van der Waals surface area contributed by atoms with E-state index in [1.807, 2.05) is 22.9 Å². The van der Waals surface area contributed by atoms with E-state index in [4.69, 9.17) is 5.10 Å². The molecular weight excluding hydrogens is 448 g/mol. The van der Waals surface area contributed by atoms with Gasteiger partial charge in [-0.1, -0.05) is 20.8 Å². The van der Waals surface area contributed by atoms with Gasteiger partial charge >= 0.3 is 6.03 Å². The van der Waals surface area contributed by atoms with Gasteiger partial charge < -0.3 is 0 Å². The van der Waals surface area contributed by atoms with E-state index in [-0.39, 0.29) is 17.2 Å². The van der Waals surface area contributed by atoms with Gasteiger partial charge in [-0.2, -0.15) is 5.10 Å². The third kappa shape index (κ3) is 6.72. The van der Waals surface area contributed by atoms with E-state index >= 15 is 0 Å². The smallest absolute Gasteiger partial charge is 0.300 e. The number of thiazole rings is 1. The van der Waals surface area contributed by atoms with Crippen molar-refractivity contribution < 1.29 is 9.59 Å². The van der Waals surface area contributed by atoms with Crippen LogP contribution < -0.4 is 10.6 Å². The average Bonchev–Trinajstić information content (AvgIpc) is 3.30. The van der Waals surface area contributed by atoms with Crippen LogP contribution in [0.5, 0.6) is 0 Å². The molecular formula is C25H32N6O2S. The highest BCUT2D eigenvalue weighted by Crippen LogP contribution is 2.33. The number of Topliss-reactive ketones (excluding diaryl/α,β-unsaturated/α-hetero) is 1. The molecule has 1 aliphatic carbocycles. The van der Waals surface area contributed by atoms with Crippen molar-refractivity contribution in [3.05, 3.63) is 52.4 Å². The number of nitrogens with one attached hydrogen (secondary N) is 2. The molecule has 34 heavy (non-hydrogen) atoms. The highest BCUT2D eigenvalue weighted by Gasteiger charge is 2.26. The zero-order chi connectivity index (χ0) is 24.3. The van der Waals surface area contributed by atoms with E-state index in [2.05, 4.69) is 41.4 Å². The largest absolute Gasteiger partial charge is 0.326 e. The number of nitrogens with zero attached hydrogens (tertiary/aromatic N) is 4. The van der Waals surface area contributed by atoms with Gasteiger partial charge in [0.25, 0.3) is 0 Å². The molecule has 3 aromatic heterocycles. The van der Waals surface area contributed by atoms with Crippen LogP contribution in [0.1, 0.15) is 62.4 Å². The summed E-state index contributed by atoms with van der Waals surface area (Å²) in [6, 6.07) is 5.59. The van der Waals surface area contributed by atoms with Crippen molar-refractivity contribution >= 4 is 34.1 Å². The number of ketones is 1. The quantitative estimate of drug-likeness (QED) is 0.449. The van der Waals surface area contributed by atoms with E-state index < -0.39 is 0 Å². The summed E-state index contributed by atoms with van der Waals surface area (Å²) in [6.45, 7) is 8.76. The summed E-state index contributed by atoms with van der Waals surface area (Å²) in [5.41, 5.74) is 2.80. The zero-order valence-corrected chi connectivity index (χ0v) is 21.0. The number of urea groups is 1. The SMILES string of the molecule is CC(=O)Cc1cc(CCc2cnc(NC(=O)Nc3cc(C(C)(C)C)nn3CC3CC3)s2)ccn1. The van der Waals surface area contributed by atoms with Crippen molar-refractivity contribution in [1.29, 1.82) is 0 Å². The van der Waals surface area contributed by atoms with Crippen LogP contribution >= 0.6 is 11.3 Å². The van der Waals surface area contributed by atoms with Gasteiger partial charge in [-0.15, -0.1) is 11.3 Å². The maximum absolute atomic E-state index is 12.7. The monoisotopic (exact) mass is 480 g/mol. The van der Waals surface area contributed by atoms with E-state index in [9.17, 15) is 9.59 Å². The molecule has 2 amide bonds. The minimum Gasteiger partial charge on any atom is -0.300 e. The molecule has 180 valence electrons. The summed E-state index contributed by atoms with van der Waals surface area (Å²) in [4.78, 5) is 33.7.